The molecular weight excluding hydrogens is 220 g/mol. The smallest absolute Gasteiger partial charge is 0.257 e. The number of nitrogens with two attached hydrogens (primary N) is 1. The first-order valence-corrected chi connectivity index (χ1v) is 5.61. The molecule has 6 heteroatoms. The number of hydrogen-bond acceptors (Lipinski definition) is 5. The van der Waals surface area contributed by atoms with Gasteiger partial charge in [0.1, 0.15) is 0 Å². The van der Waals surface area contributed by atoms with Crippen LogP contribution in [0.15, 0.2) is 18.3 Å². The fourth-order valence-electron chi connectivity index (χ4n) is 1.79. The SMILES string of the molecule is NNc1ncccc1C(=O)N(CCO)C1CC1. The number of carbonyl (C=O) groups excluding carboxylic acids is 1. The standard InChI is InChI=1S/C11H16N4O2/c12-14-10-9(2-1-5-13-10)11(17)15(6-7-16)8-3-4-8/h1-2,5,8,16H,3-4,6-7,12H2,(H,13,14). The van der Waals surface area contributed by atoms with Crippen LogP contribution in [-0.2, 0) is 0 Å². The predicted octanol–water partition coefficient (Wildman–Crippen LogP) is -0.0359. The number of amides is 1. The first-order valence-electron chi connectivity index (χ1n) is 5.61. The lowest BCUT2D eigenvalue weighted by Crippen LogP contribution is -2.36. The molecule has 4 N–H and O–H groups in total. The molecule has 1 fully saturated rings. The summed E-state index contributed by atoms with van der Waals surface area (Å²) < 4.78 is 0. The first kappa shape index (κ1) is 11.8. The van der Waals surface area contributed by atoms with Crippen molar-refractivity contribution in [1.82, 2.24) is 9.88 Å². The number of aromatic nitrogens is 1. The molecule has 0 spiro atoms. The lowest BCUT2D eigenvalue weighted by atomic mass is 10.2. The zero-order chi connectivity index (χ0) is 12.3. The summed E-state index contributed by atoms with van der Waals surface area (Å²) in [6.45, 7) is 0.316. The molecule has 0 aromatic carbocycles. The van der Waals surface area contributed by atoms with E-state index in [1.807, 2.05) is 0 Å². The van der Waals surface area contributed by atoms with Crippen LogP contribution in [0.2, 0.25) is 0 Å². The van der Waals surface area contributed by atoms with Gasteiger partial charge in [-0.05, 0) is 25.0 Å². The van der Waals surface area contributed by atoms with Crippen molar-refractivity contribution in [2.75, 3.05) is 18.6 Å². The molecule has 0 atom stereocenters. The fourth-order valence-corrected chi connectivity index (χ4v) is 1.79. The van der Waals surface area contributed by atoms with Crippen molar-refractivity contribution >= 4 is 11.7 Å². The monoisotopic (exact) mass is 236 g/mol. The Balaban J connectivity index is 2.21. The Bertz CT molecular complexity index is 406. The van der Waals surface area contributed by atoms with Crippen molar-refractivity contribution < 1.29 is 9.90 Å². The van der Waals surface area contributed by atoms with Crippen LogP contribution < -0.4 is 11.3 Å². The minimum absolute atomic E-state index is 0.0338. The molecule has 1 saturated carbocycles. The number of carbonyl (C=O) groups is 1. The third kappa shape index (κ3) is 2.54. The number of hydrazine groups is 1. The summed E-state index contributed by atoms with van der Waals surface area (Å²) in [6.07, 6.45) is 3.56. The van der Waals surface area contributed by atoms with E-state index in [-0.39, 0.29) is 18.6 Å². The number of nitrogens with zero attached hydrogens (tertiary/aromatic N) is 2. The predicted molar refractivity (Wildman–Crippen MR) is 63.2 cm³/mol. The van der Waals surface area contributed by atoms with Gasteiger partial charge in [-0.3, -0.25) is 4.79 Å². The molecule has 17 heavy (non-hydrogen) atoms. The van der Waals surface area contributed by atoms with Crippen molar-refractivity contribution in [2.45, 2.75) is 18.9 Å². The van der Waals surface area contributed by atoms with Crippen LogP contribution in [0.25, 0.3) is 0 Å². The van der Waals surface area contributed by atoms with Crippen molar-refractivity contribution in [1.29, 1.82) is 0 Å². The zero-order valence-corrected chi connectivity index (χ0v) is 9.47. The second-order valence-electron chi connectivity index (χ2n) is 4.00. The quantitative estimate of drug-likeness (QED) is 0.493. The van der Waals surface area contributed by atoms with Crippen molar-refractivity contribution in [2.24, 2.45) is 5.84 Å². The number of pyridine rings is 1. The van der Waals surface area contributed by atoms with Gasteiger partial charge >= 0.3 is 0 Å². The molecule has 0 radical (unpaired) electrons. The van der Waals surface area contributed by atoms with Gasteiger partial charge < -0.3 is 15.4 Å². The third-order valence-corrected chi connectivity index (χ3v) is 2.76. The average Bonchev–Trinajstić information content (AvgIpc) is 3.19. The minimum Gasteiger partial charge on any atom is -0.395 e. The van der Waals surface area contributed by atoms with E-state index >= 15 is 0 Å². The van der Waals surface area contributed by atoms with Gasteiger partial charge in [0.15, 0.2) is 5.82 Å². The number of nitrogens with one attached hydrogen (secondary N) is 1. The molecule has 92 valence electrons. The van der Waals surface area contributed by atoms with Crippen LogP contribution in [0.5, 0.6) is 0 Å². The van der Waals surface area contributed by atoms with E-state index in [0.29, 0.717) is 17.9 Å². The van der Waals surface area contributed by atoms with Crippen LogP contribution in [-0.4, -0.2) is 40.1 Å². The maximum Gasteiger partial charge on any atom is 0.257 e. The Morgan fingerprint density at radius 2 is 2.41 bits per heavy atom. The molecule has 0 saturated heterocycles. The normalized spacial score (nSPS) is 14.5. The molecule has 1 heterocycles. The van der Waals surface area contributed by atoms with E-state index < -0.39 is 0 Å². The largest absolute Gasteiger partial charge is 0.395 e. The third-order valence-electron chi connectivity index (χ3n) is 2.76. The Morgan fingerprint density at radius 1 is 1.65 bits per heavy atom. The van der Waals surface area contributed by atoms with Crippen molar-refractivity contribution in [3.8, 4) is 0 Å². The molecule has 6 nitrogen and oxygen atoms in total. The fraction of sp³-hybridized carbons (Fsp3) is 0.455. The summed E-state index contributed by atoms with van der Waals surface area (Å²) in [5.41, 5.74) is 2.85. The van der Waals surface area contributed by atoms with Gasteiger partial charge in [-0.2, -0.15) is 0 Å². The molecule has 0 bridgehead atoms. The molecule has 2 rings (SSSR count). The highest BCUT2D eigenvalue weighted by Crippen LogP contribution is 2.28. The van der Waals surface area contributed by atoms with Gasteiger partial charge in [0, 0.05) is 18.8 Å². The highest BCUT2D eigenvalue weighted by Gasteiger charge is 2.33. The number of hydrogen-bond donors (Lipinski definition) is 3. The molecular formula is C11H16N4O2. The molecule has 1 amide bonds. The summed E-state index contributed by atoms with van der Waals surface area (Å²) in [5.74, 6) is 5.55. The lowest BCUT2D eigenvalue weighted by Gasteiger charge is -2.22. The van der Waals surface area contributed by atoms with Crippen LogP contribution >= 0.6 is 0 Å². The topological polar surface area (TPSA) is 91.5 Å². The number of aliphatic hydroxyl groups is 1. The second-order valence-corrected chi connectivity index (χ2v) is 4.00. The van der Waals surface area contributed by atoms with Crippen molar-refractivity contribution in [3.63, 3.8) is 0 Å². The Kier molecular flexibility index (Phi) is 3.55. The van der Waals surface area contributed by atoms with Crippen LogP contribution in [0.4, 0.5) is 5.82 Å². The molecule has 0 aliphatic heterocycles. The zero-order valence-electron chi connectivity index (χ0n) is 9.47. The summed E-state index contributed by atoms with van der Waals surface area (Å²) in [7, 11) is 0. The summed E-state index contributed by atoms with van der Waals surface area (Å²) in [6, 6.07) is 3.62. The van der Waals surface area contributed by atoms with Gasteiger partial charge in [0.2, 0.25) is 0 Å². The molecule has 1 aliphatic rings. The van der Waals surface area contributed by atoms with E-state index in [2.05, 4.69) is 10.4 Å². The van der Waals surface area contributed by atoms with Crippen molar-refractivity contribution in [3.05, 3.63) is 23.9 Å². The van der Waals surface area contributed by atoms with Gasteiger partial charge in [-0.15, -0.1) is 0 Å². The van der Waals surface area contributed by atoms with E-state index in [1.54, 1.807) is 23.2 Å². The summed E-state index contributed by atoms with van der Waals surface area (Å²) in [5, 5.41) is 8.99. The highest BCUT2D eigenvalue weighted by molar-refractivity contribution is 5.99. The highest BCUT2D eigenvalue weighted by atomic mass is 16.3. The van der Waals surface area contributed by atoms with E-state index in [0.717, 1.165) is 12.8 Å². The summed E-state index contributed by atoms with van der Waals surface area (Å²) >= 11 is 0. The first-order chi connectivity index (χ1) is 8.27. The van der Waals surface area contributed by atoms with Gasteiger partial charge in [0.25, 0.3) is 5.91 Å². The number of rotatable bonds is 5. The molecule has 1 aliphatic carbocycles. The molecule has 0 unspecified atom stereocenters. The Labute approximate surface area is 99.4 Å². The average molecular weight is 236 g/mol. The summed E-state index contributed by atoms with van der Waals surface area (Å²) in [4.78, 5) is 17.9. The van der Waals surface area contributed by atoms with Crippen LogP contribution in [0, 0.1) is 0 Å². The number of nitrogen functional groups attached to an aromatic ring is 1. The van der Waals surface area contributed by atoms with Gasteiger partial charge in [-0.25, -0.2) is 10.8 Å². The van der Waals surface area contributed by atoms with Crippen LogP contribution in [0.1, 0.15) is 23.2 Å². The maximum absolute atomic E-state index is 12.3. The minimum atomic E-state index is -0.136. The molecule has 1 aromatic heterocycles. The van der Waals surface area contributed by atoms with E-state index in [4.69, 9.17) is 10.9 Å². The van der Waals surface area contributed by atoms with Crippen LogP contribution in [0.3, 0.4) is 0 Å². The van der Waals surface area contributed by atoms with E-state index in [1.165, 1.54) is 0 Å². The van der Waals surface area contributed by atoms with Gasteiger partial charge in [0.05, 0.1) is 12.2 Å². The van der Waals surface area contributed by atoms with E-state index in [9.17, 15) is 4.79 Å². The maximum atomic E-state index is 12.3. The Hall–Kier alpha value is -1.66. The lowest BCUT2D eigenvalue weighted by molar-refractivity contribution is 0.0708. The Morgan fingerprint density at radius 3 is 3.00 bits per heavy atom. The van der Waals surface area contributed by atoms with Gasteiger partial charge in [-0.1, -0.05) is 0 Å². The second kappa shape index (κ2) is 5.11. The molecule has 1 aromatic rings. The number of aliphatic hydroxyl groups excluding tert-OH is 1. The number of anilines is 1.